The van der Waals surface area contributed by atoms with Gasteiger partial charge < -0.3 is 10.6 Å². The van der Waals surface area contributed by atoms with Crippen molar-refractivity contribution in [2.24, 2.45) is 0 Å². The average Bonchev–Trinajstić information content (AvgIpc) is 2.89. The number of carbonyl (C=O) groups is 1. The molecule has 6 heteroatoms. The first-order valence-corrected chi connectivity index (χ1v) is 11.7. The average molecular weight is 478 g/mol. The molecule has 2 heterocycles. The molecule has 0 radical (unpaired) electrons. The number of carbonyl (C=O) groups excluding carboxylic acids is 1. The van der Waals surface area contributed by atoms with Gasteiger partial charge in [-0.25, -0.2) is 4.79 Å². The fourth-order valence-electron chi connectivity index (χ4n) is 4.70. The molecule has 1 aliphatic heterocycles. The van der Waals surface area contributed by atoms with Crippen LogP contribution in [0.2, 0.25) is 5.02 Å². The minimum absolute atomic E-state index is 0.138. The molecule has 0 bridgehead atoms. The SMILES string of the molecule is O=C1NCc2cc3c(=O)n(-c4ccc(Cl)cc4)c(-c4ccccc4)c(-c4ccccc4)c3cc2N1. The van der Waals surface area contributed by atoms with Crippen LogP contribution in [0.5, 0.6) is 0 Å². The number of halogens is 1. The first-order chi connectivity index (χ1) is 17.1. The van der Waals surface area contributed by atoms with E-state index in [4.69, 9.17) is 11.6 Å². The van der Waals surface area contributed by atoms with E-state index in [2.05, 4.69) is 10.6 Å². The van der Waals surface area contributed by atoms with E-state index in [9.17, 15) is 9.59 Å². The second-order valence-electron chi connectivity index (χ2n) is 8.44. The van der Waals surface area contributed by atoms with Crippen LogP contribution in [0.3, 0.4) is 0 Å². The molecule has 0 fully saturated rings. The monoisotopic (exact) mass is 477 g/mol. The topological polar surface area (TPSA) is 63.1 Å². The summed E-state index contributed by atoms with van der Waals surface area (Å²) >= 11 is 6.18. The van der Waals surface area contributed by atoms with Crippen LogP contribution in [0.15, 0.2) is 102 Å². The van der Waals surface area contributed by atoms with Crippen LogP contribution in [-0.4, -0.2) is 10.6 Å². The lowest BCUT2D eigenvalue weighted by atomic mass is 9.91. The van der Waals surface area contributed by atoms with E-state index in [-0.39, 0.29) is 11.6 Å². The Balaban J connectivity index is 1.82. The largest absolute Gasteiger partial charge is 0.334 e. The van der Waals surface area contributed by atoms with Crippen LogP contribution in [-0.2, 0) is 6.54 Å². The van der Waals surface area contributed by atoms with Crippen LogP contribution in [0.4, 0.5) is 10.5 Å². The number of hydrogen-bond donors (Lipinski definition) is 2. The molecular formula is C29H20ClN3O2. The summed E-state index contributed by atoms with van der Waals surface area (Å²) in [6, 6.07) is 30.7. The zero-order valence-corrected chi connectivity index (χ0v) is 19.3. The number of pyridine rings is 1. The van der Waals surface area contributed by atoms with Crippen LogP contribution in [0.25, 0.3) is 38.8 Å². The van der Waals surface area contributed by atoms with E-state index < -0.39 is 0 Å². The Morgan fingerprint density at radius 3 is 2.09 bits per heavy atom. The first kappa shape index (κ1) is 21.2. The lowest BCUT2D eigenvalue weighted by Gasteiger charge is -2.24. The Bertz CT molecular complexity index is 1640. The Morgan fingerprint density at radius 1 is 0.743 bits per heavy atom. The van der Waals surface area contributed by atoms with Gasteiger partial charge in [-0.3, -0.25) is 9.36 Å². The van der Waals surface area contributed by atoms with Gasteiger partial charge in [-0.05, 0) is 58.5 Å². The molecule has 1 aromatic heterocycles. The quantitative estimate of drug-likeness (QED) is 0.307. The molecule has 0 saturated heterocycles. The molecule has 0 unspecified atom stereocenters. The predicted molar refractivity (Wildman–Crippen MR) is 141 cm³/mol. The highest BCUT2D eigenvalue weighted by Gasteiger charge is 2.23. The summed E-state index contributed by atoms with van der Waals surface area (Å²) in [4.78, 5) is 26.2. The van der Waals surface area contributed by atoms with Gasteiger partial charge in [-0.15, -0.1) is 0 Å². The van der Waals surface area contributed by atoms with E-state index in [1.54, 1.807) is 16.7 Å². The number of nitrogens with zero attached hydrogens (tertiary/aromatic N) is 1. The number of hydrogen-bond acceptors (Lipinski definition) is 2. The summed E-state index contributed by atoms with van der Waals surface area (Å²) in [7, 11) is 0. The van der Waals surface area contributed by atoms with E-state index in [1.165, 1.54) is 0 Å². The number of rotatable bonds is 3. The maximum atomic E-state index is 14.2. The van der Waals surface area contributed by atoms with E-state index >= 15 is 0 Å². The van der Waals surface area contributed by atoms with Crippen molar-refractivity contribution in [1.29, 1.82) is 0 Å². The molecule has 6 rings (SSSR count). The van der Waals surface area contributed by atoms with Crippen molar-refractivity contribution in [2.45, 2.75) is 6.54 Å². The number of amides is 2. The molecule has 35 heavy (non-hydrogen) atoms. The summed E-state index contributed by atoms with van der Waals surface area (Å²) < 4.78 is 1.76. The van der Waals surface area contributed by atoms with E-state index in [1.807, 2.05) is 84.9 Å². The maximum Gasteiger partial charge on any atom is 0.319 e. The van der Waals surface area contributed by atoms with Crippen LogP contribution in [0, 0.1) is 0 Å². The summed E-state index contributed by atoms with van der Waals surface area (Å²) in [6.07, 6.45) is 0. The second-order valence-corrected chi connectivity index (χ2v) is 8.87. The predicted octanol–water partition coefficient (Wildman–Crippen LogP) is 6.61. The van der Waals surface area contributed by atoms with Gasteiger partial charge in [-0.2, -0.15) is 0 Å². The number of aromatic nitrogens is 1. The van der Waals surface area contributed by atoms with Crippen molar-refractivity contribution in [3.05, 3.63) is 118 Å². The van der Waals surface area contributed by atoms with Crippen molar-refractivity contribution < 1.29 is 4.79 Å². The first-order valence-electron chi connectivity index (χ1n) is 11.3. The van der Waals surface area contributed by atoms with Gasteiger partial charge in [0.25, 0.3) is 5.56 Å². The number of urea groups is 1. The molecule has 2 amide bonds. The molecular weight excluding hydrogens is 458 g/mol. The van der Waals surface area contributed by atoms with Crippen LogP contribution < -0.4 is 16.2 Å². The highest BCUT2D eigenvalue weighted by atomic mass is 35.5. The third kappa shape index (κ3) is 3.66. The molecule has 1 aliphatic rings. The zero-order chi connectivity index (χ0) is 23.9. The normalized spacial score (nSPS) is 12.7. The molecule has 2 N–H and O–H groups in total. The third-order valence-electron chi connectivity index (χ3n) is 6.29. The van der Waals surface area contributed by atoms with Gasteiger partial charge >= 0.3 is 6.03 Å². The van der Waals surface area contributed by atoms with E-state index in [0.717, 1.165) is 39.0 Å². The van der Waals surface area contributed by atoms with Crippen molar-refractivity contribution in [3.63, 3.8) is 0 Å². The lowest BCUT2D eigenvalue weighted by Crippen LogP contribution is -2.33. The highest BCUT2D eigenvalue weighted by Crippen LogP contribution is 2.40. The van der Waals surface area contributed by atoms with Gasteiger partial charge in [0.1, 0.15) is 0 Å². The Morgan fingerprint density at radius 2 is 1.40 bits per heavy atom. The summed E-state index contributed by atoms with van der Waals surface area (Å²) in [6.45, 7) is 0.360. The molecule has 5 aromatic rings. The van der Waals surface area contributed by atoms with Crippen molar-refractivity contribution in [1.82, 2.24) is 9.88 Å². The Kier molecular flexibility index (Phi) is 5.12. The molecule has 0 aliphatic carbocycles. The molecule has 4 aromatic carbocycles. The summed E-state index contributed by atoms with van der Waals surface area (Å²) in [5, 5.41) is 7.64. The van der Waals surface area contributed by atoms with Gasteiger partial charge in [-0.1, -0.05) is 72.3 Å². The van der Waals surface area contributed by atoms with Crippen molar-refractivity contribution in [3.8, 4) is 28.1 Å². The molecule has 5 nitrogen and oxygen atoms in total. The van der Waals surface area contributed by atoms with Crippen molar-refractivity contribution in [2.75, 3.05) is 5.32 Å². The van der Waals surface area contributed by atoms with Crippen molar-refractivity contribution >= 4 is 34.1 Å². The van der Waals surface area contributed by atoms with Gasteiger partial charge in [0, 0.05) is 33.9 Å². The molecule has 0 spiro atoms. The lowest BCUT2D eigenvalue weighted by molar-refractivity contribution is 0.251. The Labute approximate surface area is 206 Å². The highest BCUT2D eigenvalue weighted by molar-refractivity contribution is 6.30. The standard InChI is InChI=1S/C29H20ClN3O2/c30-21-11-13-22(14-12-21)33-27(19-9-5-2-6-10-19)26(18-7-3-1-4-8-18)23-16-25-20(15-24(23)28(33)34)17-31-29(35)32-25/h1-16H,17H2,(H2,31,32,35). The van der Waals surface area contributed by atoms with Crippen LogP contribution >= 0.6 is 11.6 Å². The van der Waals surface area contributed by atoms with Gasteiger partial charge in [0.05, 0.1) is 5.69 Å². The van der Waals surface area contributed by atoms with Gasteiger partial charge in [0.15, 0.2) is 0 Å². The summed E-state index contributed by atoms with van der Waals surface area (Å²) in [5.74, 6) is 0. The minimum atomic E-state index is -0.254. The zero-order valence-electron chi connectivity index (χ0n) is 18.6. The third-order valence-corrected chi connectivity index (χ3v) is 6.54. The number of nitrogens with one attached hydrogen (secondary N) is 2. The van der Waals surface area contributed by atoms with Gasteiger partial charge in [0.2, 0.25) is 0 Å². The minimum Gasteiger partial charge on any atom is -0.334 e. The molecule has 0 saturated carbocycles. The smallest absolute Gasteiger partial charge is 0.319 e. The number of fused-ring (bicyclic) bond motifs is 2. The fourth-order valence-corrected chi connectivity index (χ4v) is 4.82. The number of benzene rings is 4. The number of anilines is 1. The summed E-state index contributed by atoms with van der Waals surface area (Å²) in [5.41, 5.74) is 5.73. The molecule has 0 atom stereocenters. The maximum absolute atomic E-state index is 14.2. The van der Waals surface area contributed by atoms with Crippen LogP contribution in [0.1, 0.15) is 5.56 Å². The second kappa shape index (κ2) is 8.46. The fraction of sp³-hybridized carbons (Fsp3) is 0.0345. The molecule has 170 valence electrons. The Hall–Kier alpha value is -4.35. The van der Waals surface area contributed by atoms with E-state index in [0.29, 0.717) is 22.6 Å².